The van der Waals surface area contributed by atoms with Crippen molar-refractivity contribution in [2.45, 2.75) is 19.6 Å². The molecule has 0 spiro atoms. The van der Waals surface area contributed by atoms with Crippen LogP contribution in [0.1, 0.15) is 0 Å². The van der Waals surface area contributed by atoms with Gasteiger partial charge in [-0.15, -0.1) is 10.0 Å². The zero-order valence-electron chi connectivity index (χ0n) is 41.5. The molecule has 0 saturated heterocycles. The summed E-state index contributed by atoms with van der Waals surface area (Å²) in [5.41, 5.74) is 15.2. The van der Waals surface area contributed by atoms with Crippen molar-refractivity contribution in [3.8, 4) is 39.3 Å². The summed E-state index contributed by atoms with van der Waals surface area (Å²) in [6, 6.07) is 110. The Hall–Kier alpha value is -9.61. The van der Waals surface area contributed by atoms with Gasteiger partial charge in [0.25, 0.3) is 0 Å². The van der Waals surface area contributed by atoms with Crippen LogP contribution in [0.4, 0.5) is 0 Å². The number of benzene rings is 12. The molecule has 0 aliphatic carbocycles. The zero-order chi connectivity index (χ0) is 50.2. The molecule has 0 aliphatic heterocycles. The molecule has 3 nitrogen and oxygen atoms in total. The number of fused-ring (bicyclic) bond motifs is 9. The topological polar surface area (TPSA) is 14.8 Å². The fourth-order valence-corrected chi connectivity index (χ4v) is 16.5. The van der Waals surface area contributed by atoms with Crippen molar-refractivity contribution in [3.05, 3.63) is 297 Å². The second-order valence-electron chi connectivity index (χ2n) is 19.6. The lowest BCUT2D eigenvalue weighted by atomic mass is 9.94. The molecule has 358 valence electrons. The van der Waals surface area contributed by atoms with E-state index < -0.39 is 10.0 Å². The number of para-hydroxylation sites is 5. The Morgan fingerprint density at radius 2 is 0.724 bits per heavy atom. The van der Waals surface area contributed by atoms with Crippen LogP contribution >= 0.6 is 10.0 Å². The normalized spacial score (nSPS) is 12.2. The molecule has 15 rings (SSSR count). The standard InChI is InChI=1S/C72H49N3S/c1-5-24-50(25-6-1)57-34-13-14-35-58(57)51-26-21-29-53(48-51)74-65-41-19-15-36-59(65)61-39-22-44-69(72(61)74)75-66-42-20-17-38-62(66)71-68(75)43-23-45-70(71)76(54-30-9-3-10-31-54,55-32-11-4-12-33-55)56-46-47-67-63(49-56)60-37-16-18-40-64(60)73(67)52-27-7-2-8-28-52/h1-49H. The lowest BCUT2D eigenvalue weighted by Gasteiger charge is -2.42. The van der Waals surface area contributed by atoms with Crippen molar-refractivity contribution in [2.75, 3.05) is 0 Å². The summed E-state index contributed by atoms with van der Waals surface area (Å²) in [4.78, 5) is 5.16. The summed E-state index contributed by atoms with van der Waals surface area (Å²) >= 11 is 0. The van der Waals surface area contributed by atoms with Crippen LogP contribution in [0.15, 0.2) is 317 Å². The van der Waals surface area contributed by atoms with Crippen LogP contribution in [0.3, 0.4) is 0 Å². The van der Waals surface area contributed by atoms with Crippen molar-refractivity contribution in [2.24, 2.45) is 0 Å². The molecular formula is C72H49N3S. The van der Waals surface area contributed by atoms with E-state index in [0.717, 1.165) is 28.1 Å². The molecule has 3 heterocycles. The van der Waals surface area contributed by atoms with E-state index in [1.807, 2.05) is 0 Å². The quantitative estimate of drug-likeness (QED) is 0.137. The average Bonchev–Trinajstić information content (AvgIpc) is 4.15. The molecule has 0 bridgehead atoms. The molecule has 0 N–H and O–H groups in total. The highest BCUT2D eigenvalue weighted by molar-refractivity contribution is 8.34. The molecule has 0 aliphatic rings. The van der Waals surface area contributed by atoms with Crippen LogP contribution in [0.5, 0.6) is 0 Å². The SMILES string of the molecule is c1ccc(-c2ccccc2-c2cccc(-n3c4ccccc4c4cccc(-n5c6ccccc6c6c(S(c7ccccc7)(c7ccccc7)c7ccc8c(c7)c7ccccc7n8-c7ccccc7)cccc65)c43)c2)cc1. The highest BCUT2D eigenvalue weighted by atomic mass is 32.3. The van der Waals surface area contributed by atoms with Crippen molar-refractivity contribution < 1.29 is 0 Å². The van der Waals surface area contributed by atoms with Crippen molar-refractivity contribution in [1.29, 1.82) is 0 Å². The molecule has 3 aromatic heterocycles. The Bertz CT molecular complexity index is 4640. The van der Waals surface area contributed by atoms with E-state index in [0.29, 0.717) is 0 Å². The van der Waals surface area contributed by atoms with Gasteiger partial charge in [0.15, 0.2) is 0 Å². The first-order valence-corrected chi connectivity index (χ1v) is 27.7. The maximum absolute atomic E-state index is 2.55. The molecule has 0 radical (unpaired) electrons. The monoisotopic (exact) mass is 987 g/mol. The van der Waals surface area contributed by atoms with Gasteiger partial charge in [-0.1, -0.05) is 194 Å². The van der Waals surface area contributed by atoms with Gasteiger partial charge in [0.2, 0.25) is 0 Å². The number of nitrogens with zero attached hydrogens (tertiary/aromatic N) is 3. The van der Waals surface area contributed by atoms with Gasteiger partial charge >= 0.3 is 0 Å². The lowest BCUT2D eigenvalue weighted by Crippen LogP contribution is -2.06. The minimum atomic E-state index is -2.21. The lowest BCUT2D eigenvalue weighted by molar-refractivity contribution is 1.13. The van der Waals surface area contributed by atoms with Gasteiger partial charge in [-0.05, 0) is 125 Å². The predicted octanol–water partition coefficient (Wildman–Crippen LogP) is 19.7. The number of hydrogen-bond acceptors (Lipinski definition) is 0. The van der Waals surface area contributed by atoms with Crippen molar-refractivity contribution in [1.82, 2.24) is 13.7 Å². The van der Waals surface area contributed by atoms with Gasteiger partial charge in [-0.25, -0.2) is 0 Å². The average molecular weight is 988 g/mol. The minimum Gasteiger partial charge on any atom is -0.309 e. The van der Waals surface area contributed by atoms with E-state index in [1.54, 1.807) is 0 Å². The fourth-order valence-electron chi connectivity index (χ4n) is 12.4. The molecule has 15 aromatic rings. The van der Waals surface area contributed by atoms with E-state index in [-0.39, 0.29) is 0 Å². The van der Waals surface area contributed by atoms with Crippen molar-refractivity contribution >= 4 is 75.4 Å². The van der Waals surface area contributed by atoms with Gasteiger partial charge in [0.05, 0.1) is 38.8 Å². The molecule has 12 aromatic carbocycles. The first-order valence-electron chi connectivity index (χ1n) is 26.1. The first-order chi connectivity index (χ1) is 37.8. The molecule has 76 heavy (non-hydrogen) atoms. The number of aromatic nitrogens is 3. The minimum absolute atomic E-state index is 1.11. The third-order valence-electron chi connectivity index (χ3n) is 15.5. The zero-order valence-corrected chi connectivity index (χ0v) is 42.4. The summed E-state index contributed by atoms with van der Waals surface area (Å²) in [5.74, 6) is 0. The van der Waals surface area contributed by atoms with E-state index >= 15 is 0 Å². The second kappa shape index (κ2) is 17.8. The smallest absolute Gasteiger partial charge is 0.0782 e. The Morgan fingerprint density at radius 3 is 1.42 bits per heavy atom. The van der Waals surface area contributed by atoms with Crippen LogP contribution in [0, 0.1) is 0 Å². The third kappa shape index (κ3) is 6.64. The maximum atomic E-state index is 2.55. The summed E-state index contributed by atoms with van der Waals surface area (Å²) in [7, 11) is -2.21. The van der Waals surface area contributed by atoms with Crippen LogP contribution in [0.25, 0.3) is 105 Å². The largest absolute Gasteiger partial charge is 0.309 e. The fraction of sp³-hybridized carbons (Fsp3) is 0. The van der Waals surface area contributed by atoms with Gasteiger partial charge in [0.1, 0.15) is 0 Å². The van der Waals surface area contributed by atoms with Gasteiger partial charge in [-0.2, -0.15) is 0 Å². The first kappa shape index (κ1) is 43.9. The van der Waals surface area contributed by atoms with Gasteiger partial charge in [-0.3, -0.25) is 0 Å². The maximum Gasteiger partial charge on any atom is 0.0782 e. The van der Waals surface area contributed by atoms with E-state index in [1.165, 1.54) is 96.2 Å². The van der Waals surface area contributed by atoms with E-state index in [2.05, 4.69) is 311 Å². The molecular weight excluding hydrogens is 939 g/mol. The number of rotatable bonds is 9. The van der Waals surface area contributed by atoms with Crippen LogP contribution in [-0.2, 0) is 0 Å². The summed E-state index contributed by atoms with van der Waals surface area (Å²) in [6.45, 7) is 0. The van der Waals surface area contributed by atoms with Crippen LogP contribution in [0.2, 0.25) is 0 Å². The van der Waals surface area contributed by atoms with Crippen molar-refractivity contribution in [3.63, 3.8) is 0 Å². The third-order valence-corrected chi connectivity index (χ3v) is 19.5. The molecule has 0 unspecified atom stereocenters. The van der Waals surface area contributed by atoms with E-state index in [9.17, 15) is 0 Å². The predicted molar refractivity (Wildman–Crippen MR) is 320 cm³/mol. The highest BCUT2D eigenvalue weighted by Crippen LogP contribution is 2.75. The summed E-state index contributed by atoms with van der Waals surface area (Å²) in [6.07, 6.45) is 0. The van der Waals surface area contributed by atoms with Crippen LogP contribution < -0.4 is 0 Å². The Morgan fingerprint density at radius 1 is 0.250 bits per heavy atom. The van der Waals surface area contributed by atoms with E-state index in [4.69, 9.17) is 0 Å². The Balaban J connectivity index is 1.02. The highest BCUT2D eigenvalue weighted by Gasteiger charge is 2.37. The number of hydrogen-bond donors (Lipinski definition) is 0. The van der Waals surface area contributed by atoms with Crippen LogP contribution in [-0.4, -0.2) is 13.7 Å². The Labute approximate surface area is 442 Å². The Kier molecular flexibility index (Phi) is 10.3. The van der Waals surface area contributed by atoms with Gasteiger partial charge in [0, 0.05) is 63.3 Å². The molecule has 0 amide bonds. The summed E-state index contributed by atoms with van der Waals surface area (Å²) < 4.78 is 7.48. The molecule has 0 saturated carbocycles. The molecule has 4 heteroatoms. The molecule has 0 fully saturated rings. The summed E-state index contributed by atoms with van der Waals surface area (Å²) in [5, 5.41) is 7.38. The molecule has 0 atom stereocenters. The van der Waals surface area contributed by atoms with Gasteiger partial charge < -0.3 is 13.7 Å². The second-order valence-corrected chi connectivity index (χ2v) is 22.7.